The van der Waals surface area contributed by atoms with Crippen molar-refractivity contribution in [2.24, 2.45) is 4.99 Å². The molecule has 0 saturated carbocycles. The van der Waals surface area contributed by atoms with Gasteiger partial charge in [0, 0.05) is 31.0 Å². The standard InChI is InChI=1S/C21H23N3O5/c1-13-18(10-22)20(25)24(12-15-5-4-6-29-15)21(26)19(13)11-23-14-7-16(27-2)9-17(8-14)28-3/h7-9,11,15,26H,4-6,12H2,1-3H3/t15-/m0/s1. The van der Waals surface area contributed by atoms with Crippen molar-refractivity contribution >= 4 is 11.9 Å². The Morgan fingerprint density at radius 2 is 2.03 bits per heavy atom. The first-order chi connectivity index (χ1) is 14.0. The van der Waals surface area contributed by atoms with Crippen molar-refractivity contribution in [2.45, 2.75) is 32.4 Å². The fourth-order valence-electron chi connectivity index (χ4n) is 3.29. The number of benzene rings is 1. The molecule has 1 N–H and O–H groups in total. The van der Waals surface area contributed by atoms with Crippen LogP contribution in [0.1, 0.15) is 29.5 Å². The Morgan fingerprint density at radius 1 is 1.34 bits per heavy atom. The topological polar surface area (TPSA) is 106 Å². The molecule has 1 atom stereocenters. The highest BCUT2D eigenvalue weighted by Gasteiger charge is 2.23. The number of aliphatic imine (C=N–C) groups is 1. The third kappa shape index (κ3) is 4.25. The molecule has 29 heavy (non-hydrogen) atoms. The van der Waals surface area contributed by atoms with Crippen molar-refractivity contribution in [3.05, 3.63) is 45.2 Å². The summed E-state index contributed by atoms with van der Waals surface area (Å²) in [7, 11) is 3.08. The maximum Gasteiger partial charge on any atom is 0.271 e. The molecule has 1 aliphatic heterocycles. The van der Waals surface area contributed by atoms with Crippen LogP contribution in [0.2, 0.25) is 0 Å². The van der Waals surface area contributed by atoms with Gasteiger partial charge in [-0.1, -0.05) is 0 Å². The van der Waals surface area contributed by atoms with E-state index in [1.807, 2.05) is 6.07 Å². The summed E-state index contributed by atoms with van der Waals surface area (Å²) in [4.78, 5) is 17.1. The van der Waals surface area contributed by atoms with Crippen LogP contribution in [0.15, 0.2) is 28.0 Å². The summed E-state index contributed by atoms with van der Waals surface area (Å²) in [5.41, 5.74) is 0.664. The van der Waals surface area contributed by atoms with Gasteiger partial charge in [-0.15, -0.1) is 0 Å². The third-order valence-corrected chi connectivity index (χ3v) is 4.94. The molecule has 1 aliphatic rings. The number of hydrogen-bond donors (Lipinski definition) is 1. The molecule has 8 heteroatoms. The highest BCUT2D eigenvalue weighted by molar-refractivity contribution is 5.87. The lowest BCUT2D eigenvalue weighted by Gasteiger charge is -2.17. The van der Waals surface area contributed by atoms with Gasteiger partial charge in [0.2, 0.25) is 5.88 Å². The SMILES string of the molecule is COc1cc(N=Cc2c(C)c(C#N)c(=O)n(C[C@@H]3CCCO3)c2O)cc(OC)c1. The van der Waals surface area contributed by atoms with Crippen LogP contribution >= 0.6 is 0 Å². The minimum Gasteiger partial charge on any atom is -0.497 e. The molecule has 8 nitrogen and oxygen atoms in total. The van der Waals surface area contributed by atoms with Gasteiger partial charge in [0.15, 0.2) is 0 Å². The number of nitriles is 1. The summed E-state index contributed by atoms with van der Waals surface area (Å²) >= 11 is 0. The van der Waals surface area contributed by atoms with Crippen LogP contribution in [0.3, 0.4) is 0 Å². The summed E-state index contributed by atoms with van der Waals surface area (Å²) in [5.74, 6) is 0.901. The van der Waals surface area contributed by atoms with Crippen molar-refractivity contribution < 1.29 is 19.3 Å². The zero-order valence-electron chi connectivity index (χ0n) is 16.6. The Morgan fingerprint density at radius 3 is 2.59 bits per heavy atom. The Balaban J connectivity index is 2.05. The smallest absolute Gasteiger partial charge is 0.271 e. The first-order valence-corrected chi connectivity index (χ1v) is 9.23. The molecule has 0 spiro atoms. The van der Waals surface area contributed by atoms with Gasteiger partial charge in [0.05, 0.1) is 38.1 Å². The van der Waals surface area contributed by atoms with E-state index in [1.54, 1.807) is 39.3 Å². The average molecular weight is 397 g/mol. The van der Waals surface area contributed by atoms with E-state index >= 15 is 0 Å². The van der Waals surface area contributed by atoms with E-state index in [9.17, 15) is 15.2 Å². The summed E-state index contributed by atoms with van der Waals surface area (Å²) < 4.78 is 17.2. The highest BCUT2D eigenvalue weighted by Crippen LogP contribution is 2.29. The molecule has 1 aromatic heterocycles. The fraction of sp³-hybridized carbons (Fsp3) is 0.381. The predicted molar refractivity (Wildman–Crippen MR) is 108 cm³/mol. The number of rotatable bonds is 6. The summed E-state index contributed by atoms with van der Waals surface area (Å²) in [5, 5.41) is 20.2. The first kappa shape index (κ1) is 20.4. The maximum absolute atomic E-state index is 12.7. The Kier molecular flexibility index (Phi) is 6.20. The number of aromatic nitrogens is 1. The molecule has 0 unspecified atom stereocenters. The van der Waals surface area contributed by atoms with E-state index in [2.05, 4.69) is 4.99 Å². The lowest BCUT2D eigenvalue weighted by molar-refractivity contribution is 0.0938. The molecule has 1 saturated heterocycles. The van der Waals surface area contributed by atoms with Gasteiger partial charge in [-0.3, -0.25) is 14.4 Å². The van der Waals surface area contributed by atoms with Crippen molar-refractivity contribution in [1.29, 1.82) is 5.26 Å². The first-order valence-electron chi connectivity index (χ1n) is 9.23. The van der Waals surface area contributed by atoms with Gasteiger partial charge in [0.1, 0.15) is 23.1 Å². The monoisotopic (exact) mass is 397 g/mol. The number of aromatic hydroxyl groups is 1. The molecule has 152 valence electrons. The lowest BCUT2D eigenvalue weighted by Crippen LogP contribution is -2.29. The molecule has 1 fully saturated rings. The number of methoxy groups -OCH3 is 2. The van der Waals surface area contributed by atoms with E-state index in [0.717, 1.165) is 12.8 Å². The van der Waals surface area contributed by atoms with E-state index in [-0.39, 0.29) is 24.1 Å². The lowest BCUT2D eigenvalue weighted by atomic mass is 10.1. The molecule has 2 aromatic rings. The molecule has 0 radical (unpaired) electrons. The largest absolute Gasteiger partial charge is 0.497 e. The fourth-order valence-corrected chi connectivity index (χ4v) is 3.29. The minimum atomic E-state index is -0.529. The number of nitrogens with zero attached hydrogens (tertiary/aromatic N) is 3. The molecule has 0 bridgehead atoms. The summed E-state index contributed by atoms with van der Waals surface area (Å²) in [6.07, 6.45) is 2.98. The van der Waals surface area contributed by atoms with Crippen molar-refractivity contribution in [2.75, 3.05) is 20.8 Å². The average Bonchev–Trinajstić information content (AvgIpc) is 3.24. The molecular formula is C21H23N3O5. The Hall–Kier alpha value is -3.31. The van der Waals surface area contributed by atoms with Gasteiger partial charge in [-0.05, 0) is 25.3 Å². The molecule has 3 rings (SSSR count). The van der Waals surface area contributed by atoms with Crippen molar-refractivity contribution in [3.8, 4) is 23.4 Å². The van der Waals surface area contributed by atoms with Crippen LogP contribution in [0.25, 0.3) is 0 Å². The van der Waals surface area contributed by atoms with Crippen LogP contribution < -0.4 is 15.0 Å². The zero-order chi connectivity index (χ0) is 21.0. The zero-order valence-corrected chi connectivity index (χ0v) is 16.6. The Labute approximate surface area is 168 Å². The van der Waals surface area contributed by atoms with Crippen LogP contribution in [0.5, 0.6) is 17.4 Å². The quantitative estimate of drug-likeness (QED) is 0.751. The van der Waals surface area contributed by atoms with Crippen molar-refractivity contribution in [1.82, 2.24) is 4.57 Å². The summed E-state index contributed by atoms with van der Waals surface area (Å²) in [6, 6.07) is 7.08. The molecule has 0 aliphatic carbocycles. The van der Waals surface area contributed by atoms with Gasteiger partial charge >= 0.3 is 0 Å². The second-order valence-electron chi connectivity index (χ2n) is 6.73. The van der Waals surface area contributed by atoms with E-state index < -0.39 is 5.56 Å². The molecule has 2 heterocycles. The van der Waals surface area contributed by atoms with E-state index in [0.29, 0.717) is 34.9 Å². The normalized spacial score (nSPS) is 16.1. The number of pyridine rings is 1. The molecular weight excluding hydrogens is 374 g/mol. The van der Waals surface area contributed by atoms with Crippen LogP contribution in [-0.4, -0.2) is 42.8 Å². The maximum atomic E-state index is 12.7. The molecule has 0 amide bonds. The second-order valence-corrected chi connectivity index (χ2v) is 6.73. The van der Waals surface area contributed by atoms with Crippen LogP contribution in [-0.2, 0) is 11.3 Å². The molecule has 1 aromatic carbocycles. The summed E-state index contributed by atoms with van der Waals surface area (Å²) in [6.45, 7) is 2.43. The highest BCUT2D eigenvalue weighted by atomic mass is 16.5. The van der Waals surface area contributed by atoms with Crippen LogP contribution in [0, 0.1) is 18.3 Å². The number of ether oxygens (including phenoxy) is 3. The van der Waals surface area contributed by atoms with Gasteiger partial charge in [-0.25, -0.2) is 0 Å². The number of hydrogen-bond acceptors (Lipinski definition) is 7. The predicted octanol–water partition coefficient (Wildman–Crippen LogP) is 2.68. The Bertz CT molecular complexity index is 1010. The second kappa shape index (κ2) is 8.80. The minimum absolute atomic E-state index is 0.0227. The van der Waals surface area contributed by atoms with E-state index in [4.69, 9.17) is 14.2 Å². The van der Waals surface area contributed by atoms with Gasteiger partial charge in [0.25, 0.3) is 5.56 Å². The third-order valence-electron chi connectivity index (χ3n) is 4.94. The van der Waals surface area contributed by atoms with Gasteiger partial charge < -0.3 is 19.3 Å². The van der Waals surface area contributed by atoms with Crippen molar-refractivity contribution in [3.63, 3.8) is 0 Å². The van der Waals surface area contributed by atoms with Gasteiger partial charge in [-0.2, -0.15) is 5.26 Å². The van der Waals surface area contributed by atoms with E-state index in [1.165, 1.54) is 10.8 Å². The van der Waals surface area contributed by atoms with Crippen LogP contribution in [0.4, 0.5) is 5.69 Å².